The van der Waals surface area contributed by atoms with Gasteiger partial charge in [-0.1, -0.05) is 57.0 Å². The van der Waals surface area contributed by atoms with Gasteiger partial charge in [0.1, 0.15) is 0 Å². The lowest BCUT2D eigenvalue weighted by atomic mass is 9.79. The average Bonchev–Trinajstić information content (AvgIpc) is 3.60. The highest BCUT2D eigenvalue weighted by Crippen LogP contribution is 2.42. The summed E-state index contributed by atoms with van der Waals surface area (Å²) in [6.45, 7) is 7.39. The molecule has 1 amide bonds. The SMILES string of the molecule is CCCN(CCC)C(=O)c1cc(-c2nnc([C@](C)(N)Cc3ccccc3)o2)cc(C2(C#N)CCCC2)c1. The number of aromatic nitrogens is 2. The van der Waals surface area contributed by atoms with Gasteiger partial charge in [-0.3, -0.25) is 4.79 Å². The fraction of sp³-hybridized carbons (Fsp3) is 0.467. The smallest absolute Gasteiger partial charge is 0.253 e. The van der Waals surface area contributed by atoms with Crippen molar-refractivity contribution in [2.24, 2.45) is 5.73 Å². The first-order chi connectivity index (χ1) is 17.8. The molecule has 7 nitrogen and oxygen atoms in total. The van der Waals surface area contributed by atoms with E-state index >= 15 is 0 Å². The molecule has 1 fully saturated rings. The molecule has 0 bridgehead atoms. The van der Waals surface area contributed by atoms with Crippen LogP contribution < -0.4 is 5.73 Å². The zero-order valence-corrected chi connectivity index (χ0v) is 22.2. The second-order valence-corrected chi connectivity index (χ2v) is 10.5. The maximum Gasteiger partial charge on any atom is 0.253 e. The van der Waals surface area contributed by atoms with Crippen molar-refractivity contribution in [2.45, 2.75) is 76.7 Å². The molecule has 3 aromatic rings. The van der Waals surface area contributed by atoms with E-state index in [0.717, 1.165) is 49.7 Å². The van der Waals surface area contributed by atoms with Crippen LogP contribution in [0.15, 0.2) is 52.9 Å². The molecule has 1 atom stereocenters. The van der Waals surface area contributed by atoms with Gasteiger partial charge in [0, 0.05) is 24.2 Å². The molecule has 0 saturated heterocycles. The normalized spacial score (nSPS) is 16.2. The van der Waals surface area contributed by atoms with Gasteiger partial charge in [0.25, 0.3) is 5.91 Å². The Morgan fingerprint density at radius 3 is 2.41 bits per heavy atom. The lowest BCUT2D eigenvalue weighted by Gasteiger charge is -2.25. The van der Waals surface area contributed by atoms with Crippen LogP contribution in [-0.2, 0) is 17.4 Å². The molecular weight excluding hydrogens is 462 g/mol. The van der Waals surface area contributed by atoms with Crippen LogP contribution in [0.3, 0.4) is 0 Å². The molecule has 1 aromatic heterocycles. The van der Waals surface area contributed by atoms with Gasteiger partial charge in [-0.2, -0.15) is 5.26 Å². The van der Waals surface area contributed by atoms with E-state index in [-0.39, 0.29) is 5.91 Å². The summed E-state index contributed by atoms with van der Waals surface area (Å²) in [5, 5.41) is 18.8. The number of rotatable bonds is 10. The Labute approximate surface area is 219 Å². The summed E-state index contributed by atoms with van der Waals surface area (Å²) in [5.74, 6) is 0.601. The Bertz CT molecular complexity index is 1250. The number of carbonyl (C=O) groups excluding carboxylic acids is 1. The van der Waals surface area contributed by atoms with E-state index in [1.165, 1.54) is 0 Å². The third kappa shape index (κ3) is 5.75. The van der Waals surface area contributed by atoms with Crippen molar-refractivity contribution in [3.63, 3.8) is 0 Å². The maximum absolute atomic E-state index is 13.6. The predicted octanol–water partition coefficient (Wildman–Crippen LogP) is 5.75. The van der Waals surface area contributed by atoms with Crippen LogP contribution in [0.2, 0.25) is 0 Å². The molecule has 0 radical (unpaired) electrons. The predicted molar refractivity (Wildman–Crippen MR) is 144 cm³/mol. The Balaban J connectivity index is 1.74. The van der Waals surface area contributed by atoms with Gasteiger partial charge in [-0.15, -0.1) is 10.2 Å². The number of nitrogens with two attached hydrogens (primary N) is 1. The largest absolute Gasteiger partial charge is 0.419 e. The van der Waals surface area contributed by atoms with Crippen molar-refractivity contribution in [3.8, 4) is 17.5 Å². The van der Waals surface area contributed by atoms with E-state index in [9.17, 15) is 10.1 Å². The lowest BCUT2D eigenvalue weighted by Crippen LogP contribution is -2.35. The number of amides is 1. The minimum Gasteiger partial charge on any atom is -0.419 e. The number of benzene rings is 2. The molecule has 0 spiro atoms. The molecule has 2 aromatic carbocycles. The third-order valence-corrected chi connectivity index (χ3v) is 7.25. The second kappa shape index (κ2) is 11.3. The molecule has 1 heterocycles. The van der Waals surface area contributed by atoms with Crippen LogP contribution in [0.25, 0.3) is 11.5 Å². The van der Waals surface area contributed by atoms with E-state index in [1.807, 2.05) is 60.4 Å². The summed E-state index contributed by atoms with van der Waals surface area (Å²) in [6, 6.07) is 18.2. The van der Waals surface area contributed by atoms with E-state index < -0.39 is 11.0 Å². The van der Waals surface area contributed by atoms with Crippen LogP contribution in [0.5, 0.6) is 0 Å². The average molecular weight is 500 g/mol. The summed E-state index contributed by atoms with van der Waals surface area (Å²) in [5.41, 5.74) is 8.27. The van der Waals surface area contributed by atoms with Gasteiger partial charge >= 0.3 is 0 Å². The van der Waals surface area contributed by atoms with Crippen molar-refractivity contribution >= 4 is 5.91 Å². The molecular formula is C30H37N5O2. The van der Waals surface area contributed by atoms with Gasteiger partial charge in [0.2, 0.25) is 11.8 Å². The van der Waals surface area contributed by atoms with Gasteiger partial charge in [0.05, 0.1) is 17.0 Å². The van der Waals surface area contributed by atoms with Crippen LogP contribution >= 0.6 is 0 Å². The first-order valence-electron chi connectivity index (χ1n) is 13.3. The first kappa shape index (κ1) is 26.6. The zero-order chi connectivity index (χ0) is 26.5. The first-order valence-corrected chi connectivity index (χ1v) is 13.3. The zero-order valence-electron chi connectivity index (χ0n) is 22.2. The fourth-order valence-electron chi connectivity index (χ4n) is 5.30. The van der Waals surface area contributed by atoms with Crippen LogP contribution in [0, 0.1) is 11.3 Å². The maximum atomic E-state index is 13.6. The molecule has 1 aliphatic carbocycles. The van der Waals surface area contributed by atoms with Crippen molar-refractivity contribution < 1.29 is 9.21 Å². The third-order valence-electron chi connectivity index (χ3n) is 7.25. The molecule has 7 heteroatoms. The van der Waals surface area contributed by atoms with E-state index in [2.05, 4.69) is 30.1 Å². The quantitative estimate of drug-likeness (QED) is 0.380. The van der Waals surface area contributed by atoms with Crippen molar-refractivity contribution in [1.29, 1.82) is 5.26 Å². The number of nitrogens with zero attached hydrogens (tertiary/aromatic N) is 4. The molecule has 4 rings (SSSR count). The minimum atomic E-state index is -0.860. The Kier molecular flexibility index (Phi) is 8.09. The fourth-order valence-corrected chi connectivity index (χ4v) is 5.30. The Hall–Kier alpha value is -3.50. The van der Waals surface area contributed by atoms with Crippen molar-refractivity contribution in [2.75, 3.05) is 13.1 Å². The van der Waals surface area contributed by atoms with E-state index in [1.54, 1.807) is 0 Å². The minimum absolute atomic E-state index is 0.0367. The monoisotopic (exact) mass is 499 g/mol. The van der Waals surface area contributed by atoms with Crippen molar-refractivity contribution in [1.82, 2.24) is 15.1 Å². The Morgan fingerprint density at radius 2 is 1.78 bits per heavy atom. The second-order valence-electron chi connectivity index (χ2n) is 10.5. The molecule has 194 valence electrons. The molecule has 1 aliphatic rings. The van der Waals surface area contributed by atoms with Crippen LogP contribution in [0.4, 0.5) is 0 Å². The highest BCUT2D eigenvalue weighted by molar-refractivity contribution is 5.95. The molecule has 1 saturated carbocycles. The molecule has 0 aliphatic heterocycles. The van der Waals surface area contributed by atoms with Crippen LogP contribution in [0.1, 0.15) is 86.7 Å². The molecule has 37 heavy (non-hydrogen) atoms. The van der Waals surface area contributed by atoms with Gasteiger partial charge in [-0.25, -0.2) is 0 Å². The summed E-state index contributed by atoms with van der Waals surface area (Å²) < 4.78 is 6.13. The van der Waals surface area contributed by atoms with Crippen molar-refractivity contribution in [3.05, 3.63) is 71.1 Å². The van der Waals surface area contributed by atoms with E-state index in [0.29, 0.717) is 42.4 Å². The number of nitriles is 1. The summed E-state index contributed by atoms with van der Waals surface area (Å²) in [4.78, 5) is 15.5. The van der Waals surface area contributed by atoms with Gasteiger partial charge in [0.15, 0.2) is 0 Å². The highest BCUT2D eigenvalue weighted by Gasteiger charge is 2.37. The number of carbonyl (C=O) groups is 1. The lowest BCUT2D eigenvalue weighted by molar-refractivity contribution is 0.0755. The van der Waals surface area contributed by atoms with E-state index in [4.69, 9.17) is 10.2 Å². The van der Waals surface area contributed by atoms with Crippen LogP contribution in [-0.4, -0.2) is 34.1 Å². The van der Waals surface area contributed by atoms with Gasteiger partial charge in [-0.05, 0) is 68.4 Å². The Morgan fingerprint density at radius 1 is 1.11 bits per heavy atom. The molecule has 0 unspecified atom stereocenters. The summed E-state index contributed by atoms with van der Waals surface area (Å²) >= 11 is 0. The number of hydrogen-bond donors (Lipinski definition) is 1. The highest BCUT2D eigenvalue weighted by atomic mass is 16.4. The topological polar surface area (TPSA) is 109 Å². The summed E-state index contributed by atoms with van der Waals surface area (Å²) in [6.07, 6.45) is 5.85. The number of hydrogen-bond acceptors (Lipinski definition) is 6. The molecule has 2 N–H and O–H groups in total. The standard InChI is InChI=1S/C30H37N5O2/c1-4-15-35(16-5-2)27(36)24-17-23(18-25(19-24)30(21-31)13-9-10-14-30)26-33-34-28(37-26)29(3,32)20-22-11-7-6-8-12-22/h6-8,11-12,17-19H,4-5,9-10,13-16,20,32H2,1-3H3/t29-/m1/s1. The summed E-state index contributed by atoms with van der Waals surface area (Å²) in [7, 11) is 0. The van der Waals surface area contributed by atoms with Gasteiger partial charge < -0.3 is 15.1 Å².